The highest BCUT2D eigenvalue weighted by atomic mass is 32.1. The molecule has 0 amide bonds. The van der Waals surface area contributed by atoms with Gasteiger partial charge < -0.3 is 4.42 Å². The highest BCUT2D eigenvalue weighted by molar-refractivity contribution is 7.26. The fourth-order valence-electron chi connectivity index (χ4n) is 6.76. The molecule has 9 aromatic rings. The molecular formula is C42H30N2OS. The zero-order valence-corrected chi connectivity index (χ0v) is 26.7. The Kier molecular flexibility index (Phi) is 5.93. The minimum Gasteiger partial charge on any atom is -0.452 e. The van der Waals surface area contributed by atoms with Crippen LogP contribution in [0.15, 0.2) is 132 Å². The third-order valence-corrected chi connectivity index (χ3v) is 10.4. The van der Waals surface area contributed by atoms with E-state index in [0.29, 0.717) is 5.58 Å². The summed E-state index contributed by atoms with van der Waals surface area (Å²) in [5.74, 6) is 0. The van der Waals surface area contributed by atoms with Crippen molar-refractivity contribution in [2.75, 3.05) is 0 Å². The minimum atomic E-state index is 0.0768. The summed E-state index contributed by atoms with van der Waals surface area (Å²) in [5, 5.41) is 6.00. The van der Waals surface area contributed by atoms with E-state index in [1.54, 1.807) is 6.33 Å². The van der Waals surface area contributed by atoms with Crippen molar-refractivity contribution in [3.8, 4) is 33.5 Å². The molecule has 4 heteroatoms. The van der Waals surface area contributed by atoms with Crippen LogP contribution in [0.1, 0.15) is 26.3 Å². The van der Waals surface area contributed by atoms with Gasteiger partial charge in [-0.2, -0.15) is 0 Å². The second-order valence-corrected chi connectivity index (χ2v) is 14.1. The maximum Gasteiger partial charge on any atom is 0.180 e. The average Bonchev–Trinajstić information content (AvgIpc) is 3.66. The van der Waals surface area contributed by atoms with Gasteiger partial charge in [0.1, 0.15) is 23.1 Å². The van der Waals surface area contributed by atoms with E-state index < -0.39 is 0 Å². The first-order valence-corrected chi connectivity index (χ1v) is 16.5. The molecule has 3 heterocycles. The van der Waals surface area contributed by atoms with Gasteiger partial charge in [-0.05, 0) is 68.3 Å². The lowest BCUT2D eigenvalue weighted by Gasteiger charge is -2.19. The molecule has 0 N–H and O–H groups in total. The highest BCUT2D eigenvalue weighted by Crippen LogP contribution is 2.42. The van der Waals surface area contributed by atoms with Gasteiger partial charge >= 0.3 is 0 Å². The van der Waals surface area contributed by atoms with Crippen LogP contribution in [0.2, 0.25) is 0 Å². The molecule has 0 aliphatic rings. The molecule has 3 aromatic heterocycles. The molecule has 0 aliphatic heterocycles. The van der Waals surface area contributed by atoms with Crippen molar-refractivity contribution in [1.82, 2.24) is 9.97 Å². The summed E-state index contributed by atoms with van der Waals surface area (Å²) in [6, 6.07) is 43.7. The van der Waals surface area contributed by atoms with Crippen LogP contribution < -0.4 is 0 Å². The van der Waals surface area contributed by atoms with E-state index in [1.807, 2.05) is 11.3 Å². The van der Waals surface area contributed by atoms with E-state index in [4.69, 9.17) is 14.4 Å². The number of hydrogen-bond donors (Lipinski definition) is 0. The fraction of sp³-hybridized carbons (Fsp3) is 0.0952. The average molecular weight is 611 g/mol. The molecule has 0 radical (unpaired) electrons. The molecule has 0 fully saturated rings. The molecule has 0 saturated carbocycles. The lowest BCUT2D eigenvalue weighted by atomic mass is 9.85. The van der Waals surface area contributed by atoms with Gasteiger partial charge in [0.05, 0.1) is 5.39 Å². The van der Waals surface area contributed by atoms with Crippen LogP contribution in [0.3, 0.4) is 0 Å². The zero-order chi connectivity index (χ0) is 31.0. The van der Waals surface area contributed by atoms with Crippen molar-refractivity contribution >= 4 is 64.4 Å². The first-order chi connectivity index (χ1) is 22.4. The van der Waals surface area contributed by atoms with Gasteiger partial charge in [0, 0.05) is 25.7 Å². The van der Waals surface area contributed by atoms with Crippen LogP contribution in [0.4, 0.5) is 0 Å². The summed E-state index contributed by atoms with van der Waals surface area (Å²) < 4.78 is 9.15. The van der Waals surface area contributed by atoms with Crippen LogP contribution in [0, 0.1) is 0 Å². The highest BCUT2D eigenvalue weighted by Gasteiger charge is 2.19. The molecular weight excluding hydrogens is 581 g/mol. The topological polar surface area (TPSA) is 38.9 Å². The summed E-state index contributed by atoms with van der Waals surface area (Å²) in [6.45, 7) is 6.74. The summed E-state index contributed by atoms with van der Waals surface area (Å²) in [5.41, 5.74) is 10.3. The van der Waals surface area contributed by atoms with E-state index in [2.05, 4.69) is 142 Å². The van der Waals surface area contributed by atoms with Crippen LogP contribution in [-0.2, 0) is 5.41 Å². The number of rotatable bonds is 3. The van der Waals surface area contributed by atoms with E-state index in [-0.39, 0.29) is 5.41 Å². The molecule has 0 spiro atoms. The number of fused-ring (bicyclic) bond motifs is 8. The summed E-state index contributed by atoms with van der Waals surface area (Å²) >= 11 is 1.86. The number of benzene rings is 6. The van der Waals surface area contributed by atoms with E-state index in [0.717, 1.165) is 44.3 Å². The quantitative estimate of drug-likeness (QED) is 0.200. The van der Waals surface area contributed by atoms with E-state index in [9.17, 15) is 0 Å². The van der Waals surface area contributed by atoms with Gasteiger partial charge in [0.15, 0.2) is 5.58 Å². The standard InChI is InChI=1S/C42H30N2OS/c1-42(2,3)30-18-19-31-28(23-30)17-20-35-37(31)39-40(45-35)38(43-24-44-39)29-12-7-10-26(22-29)25-9-6-11-27(21-25)32-14-8-15-34-33-13-4-5-16-36(33)46-41(32)34/h4-24H,1-3H3. The maximum absolute atomic E-state index is 6.51. The Morgan fingerprint density at radius 3 is 2.20 bits per heavy atom. The van der Waals surface area contributed by atoms with Crippen molar-refractivity contribution in [1.29, 1.82) is 0 Å². The molecule has 0 bridgehead atoms. The molecule has 220 valence electrons. The largest absolute Gasteiger partial charge is 0.452 e. The van der Waals surface area contributed by atoms with E-state index >= 15 is 0 Å². The summed E-state index contributed by atoms with van der Waals surface area (Å²) in [7, 11) is 0. The number of nitrogens with zero attached hydrogens (tertiary/aromatic N) is 2. The van der Waals surface area contributed by atoms with Gasteiger partial charge in [-0.25, -0.2) is 9.97 Å². The Balaban J connectivity index is 1.15. The SMILES string of the molecule is CC(C)(C)c1ccc2c(ccc3oc4c(-c5cccc(-c6cccc(-c7cccc8c7sc7ccccc78)c6)c5)ncnc4c32)c1. The fourth-order valence-corrected chi connectivity index (χ4v) is 7.99. The molecule has 3 nitrogen and oxygen atoms in total. The predicted octanol–water partition coefficient (Wildman–Crippen LogP) is 12.2. The minimum absolute atomic E-state index is 0.0768. The van der Waals surface area contributed by atoms with Gasteiger partial charge in [-0.3, -0.25) is 0 Å². The van der Waals surface area contributed by atoms with Crippen LogP contribution in [0.25, 0.3) is 86.5 Å². The Morgan fingerprint density at radius 1 is 0.609 bits per heavy atom. The number of aromatic nitrogens is 2. The maximum atomic E-state index is 6.51. The van der Waals surface area contributed by atoms with Crippen LogP contribution >= 0.6 is 11.3 Å². The van der Waals surface area contributed by atoms with Gasteiger partial charge in [0.2, 0.25) is 0 Å². The molecule has 0 unspecified atom stereocenters. The number of furan rings is 1. The van der Waals surface area contributed by atoms with Crippen molar-refractivity contribution in [2.45, 2.75) is 26.2 Å². The first-order valence-electron chi connectivity index (χ1n) is 15.6. The van der Waals surface area contributed by atoms with Crippen LogP contribution in [0.5, 0.6) is 0 Å². The third kappa shape index (κ3) is 4.25. The lowest BCUT2D eigenvalue weighted by molar-refractivity contribution is 0.591. The van der Waals surface area contributed by atoms with Crippen molar-refractivity contribution < 1.29 is 4.42 Å². The smallest absolute Gasteiger partial charge is 0.180 e. The molecule has 0 saturated heterocycles. The normalized spacial score (nSPS) is 12.2. The second-order valence-electron chi connectivity index (χ2n) is 13.1. The van der Waals surface area contributed by atoms with Crippen molar-refractivity contribution in [2.24, 2.45) is 0 Å². The Bertz CT molecular complexity index is 2640. The molecule has 0 atom stereocenters. The van der Waals surface area contributed by atoms with Gasteiger partial charge in [-0.15, -0.1) is 11.3 Å². The molecule has 0 aliphatic carbocycles. The van der Waals surface area contributed by atoms with Gasteiger partial charge in [0.25, 0.3) is 0 Å². The molecule has 6 aromatic carbocycles. The summed E-state index contributed by atoms with van der Waals surface area (Å²) in [4.78, 5) is 9.49. The Labute approximate surface area is 270 Å². The van der Waals surface area contributed by atoms with Crippen molar-refractivity contribution in [3.05, 3.63) is 133 Å². The number of hydrogen-bond acceptors (Lipinski definition) is 4. The second kappa shape index (κ2) is 10.1. The predicted molar refractivity (Wildman–Crippen MR) is 195 cm³/mol. The molecule has 46 heavy (non-hydrogen) atoms. The Morgan fingerprint density at radius 2 is 1.35 bits per heavy atom. The monoisotopic (exact) mass is 610 g/mol. The van der Waals surface area contributed by atoms with Crippen molar-refractivity contribution in [3.63, 3.8) is 0 Å². The molecule has 9 rings (SSSR count). The lowest BCUT2D eigenvalue weighted by Crippen LogP contribution is -2.10. The Hall–Kier alpha value is -5.32. The third-order valence-electron chi connectivity index (χ3n) is 9.15. The van der Waals surface area contributed by atoms with Crippen LogP contribution in [-0.4, -0.2) is 9.97 Å². The zero-order valence-electron chi connectivity index (χ0n) is 25.8. The van der Waals surface area contributed by atoms with E-state index in [1.165, 1.54) is 42.2 Å². The summed E-state index contributed by atoms with van der Waals surface area (Å²) in [6.07, 6.45) is 1.66. The van der Waals surface area contributed by atoms with Gasteiger partial charge in [-0.1, -0.05) is 118 Å². The first kappa shape index (κ1) is 27.0. The number of thiophene rings is 1.